The number of nitrogens with two attached hydrogens (primary N) is 1. The van der Waals surface area contributed by atoms with Crippen LogP contribution in [0.15, 0.2) is 46.3 Å². The van der Waals surface area contributed by atoms with Gasteiger partial charge in [-0.1, -0.05) is 40.2 Å². The van der Waals surface area contributed by atoms with Gasteiger partial charge >= 0.3 is 0 Å². The third-order valence-electron chi connectivity index (χ3n) is 2.59. The number of rotatable bonds is 4. The summed E-state index contributed by atoms with van der Waals surface area (Å²) in [5, 5.41) is 2.11. The second-order valence-electron chi connectivity index (χ2n) is 3.75. The number of hydrogen-bond donors (Lipinski definition) is 1. The summed E-state index contributed by atoms with van der Waals surface area (Å²) in [6.07, 6.45) is 2.04. The molecule has 2 aromatic rings. The van der Waals surface area contributed by atoms with Crippen molar-refractivity contribution in [3.63, 3.8) is 0 Å². The lowest BCUT2D eigenvalue weighted by Crippen LogP contribution is -2.11. The van der Waals surface area contributed by atoms with Gasteiger partial charge in [-0.3, -0.25) is 0 Å². The molecule has 1 heterocycles. The van der Waals surface area contributed by atoms with Crippen LogP contribution >= 0.6 is 27.3 Å². The predicted octanol–water partition coefficient (Wildman–Crippen LogP) is 4.14. The van der Waals surface area contributed by atoms with Gasteiger partial charge in [0.1, 0.15) is 0 Å². The lowest BCUT2D eigenvalue weighted by Gasteiger charge is -2.13. The first-order valence-electron chi connectivity index (χ1n) is 5.30. The van der Waals surface area contributed by atoms with Gasteiger partial charge in [0.15, 0.2) is 0 Å². The van der Waals surface area contributed by atoms with Crippen LogP contribution in [0.3, 0.4) is 0 Å². The highest BCUT2D eigenvalue weighted by molar-refractivity contribution is 9.10. The maximum Gasteiger partial charge on any atom is 0.0309 e. The number of aryl methyl sites for hydroxylation is 1. The molecule has 1 atom stereocenters. The first-order chi connectivity index (χ1) is 7.77. The van der Waals surface area contributed by atoms with E-state index in [1.165, 1.54) is 10.4 Å². The summed E-state index contributed by atoms with van der Waals surface area (Å²) in [5.41, 5.74) is 7.38. The fraction of sp³-hybridized carbons (Fsp3) is 0.231. The normalized spacial score (nSPS) is 12.6. The van der Waals surface area contributed by atoms with E-state index in [0.717, 1.165) is 17.3 Å². The average molecular weight is 296 g/mol. The molecular weight excluding hydrogens is 282 g/mol. The summed E-state index contributed by atoms with van der Waals surface area (Å²) in [6.45, 7) is 0. The summed E-state index contributed by atoms with van der Waals surface area (Å²) in [4.78, 5) is 1.41. The number of thiophene rings is 1. The zero-order chi connectivity index (χ0) is 11.4. The van der Waals surface area contributed by atoms with E-state index in [-0.39, 0.29) is 6.04 Å². The van der Waals surface area contributed by atoms with Crippen LogP contribution in [-0.2, 0) is 6.42 Å². The molecule has 1 unspecified atom stereocenters. The van der Waals surface area contributed by atoms with Crippen molar-refractivity contribution >= 4 is 27.3 Å². The number of hydrogen-bond acceptors (Lipinski definition) is 2. The van der Waals surface area contributed by atoms with Crippen molar-refractivity contribution in [2.45, 2.75) is 18.9 Å². The van der Waals surface area contributed by atoms with Crippen LogP contribution in [-0.4, -0.2) is 0 Å². The van der Waals surface area contributed by atoms with E-state index in [4.69, 9.17) is 5.73 Å². The molecule has 2 N–H and O–H groups in total. The molecule has 0 saturated carbocycles. The molecule has 16 heavy (non-hydrogen) atoms. The van der Waals surface area contributed by atoms with Gasteiger partial charge in [-0.05, 0) is 35.9 Å². The second-order valence-corrected chi connectivity index (χ2v) is 5.63. The zero-order valence-electron chi connectivity index (χ0n) is 8.90. The Morgan fingerprint density at radius 1 is 1.19 bits per heavy atom. The minimum Gasteiger partial charge on any atom is -0.324 e. The van der Waals surface area contributed by atoms with Crippen molar-refractivity contribution in [2.75, 3.05) is 0 Å². The molecule has 1 aromatic carbocycles. The van der Waals surface area contributed by atoms with Crippen molar-refractivity contribution in [3.05, 3.63) is 56.7 Å². The molecule has 2 rings (SSSR count). The Balaban J connectivity index is 1.98. The lowest BCUT2D eigenvalue weighted by molar-refractivity contribution is 0.653. The van der Waals surface area contributed by atoms with Crippen LogP contribution in [0.25, 0.3) is 0 Å². The van der Waals surface area contributed by atoms with E-state index >= 15 is 0 Å². The van der Waals surface area contributed by atoms with E-state index in [1.54, 1.807) is 11.3 Å². The molecule has 3 heteroatoms. The van der Waals surface area contributed by atoms with Gasteiger partial charge in [-0.25, -0.2) is 0 Å². The van der Waals surface area contributed by atoms with E-state index in [2.05, 4.69) is 39.5 Å². The van der Waals surface area contributed by atoms with Crippen molar-refractivity contribution in [1.82, 2.24) is 0 Å². The fourth-order valence-electron chi connectivity index (χ4n) is 1.68. The first-order valence-corrected chi connectivity index (χ1v) is 6.97. The Bertz CT molecular complexity index is 439. The maximum atomic E-state index is 6.19. The summed E-state index contributed by atoms with van der Waals surface area (Å²) in [7, 11) is 0. The van der Waals surface area contributed by atoms with Crippen molar-refractivity contribution < 1.29 is 0 Å². The van der Waals surface area contributed by atoms with Crippen LogP contribution in [0.1, 0.15) is 22.9 Å². The SMILES string of the molecule is NC(CCc1cccs1)c1ccccc1Br. The molecule has 0 saturated heterocycles. The van der Waals surface area contributed by atoms with Gasteiger partial charge in [-0.15, -0.1) is 11.3 Å². The Labute approximate surface area is 108 Å². The Morgan fingerprint density at radius 2 is 2.00 bits per heavy atom. The maximum absolute atomic E-state index is 6.19. The summed E-state index contributed by atoms with van der Waals surface area (Å²) < 4.78 is 1.11. The summed E-state index contributed by atoms with van der Waals surface area (Å²) in [6, 6.07) is 12.5. The zero-order valence-corrected chi connectivity index (χ0v) is 11.3. The van der Waals surface area contributed by atoms with E-state index in [1.807, 2.05) is 18.2 Å². The first kappa shape index (κ1) is 11.8. The Morgan fingerprint density at radius 3 is 2.69 bits per heavy atom. The minimum absolute atomic E-state index is 0.109. The van der Waals surface area contributed by atoms with Crippen molar-refractivity contribution in [1.29, 1.82) is 0 Å². The fourth-order valence-corrected chi connectivity index (χ4v) is 2.99. The highest BCUT2D eigenvalue weighted by Gasteiger charge is 2.09. The van der Waals surface area contributed by atoms with Crippen LogP contribution < -0.4 is 5.73 Å². The molecule has 0 aliphatic rings. The number of benzene rings is 1. The third-order valence-corrected chi connectivity index (χ3v) is 4.24. The molecular formula is C13H14BrNS. The molecule has 0 radical (unpaired) electrons. The molecule has 84 valence electrons. The standard InChI is InChI=1S/C13H14BrNS/c14-12-6-2-1-5-11(12)13(15)8-7-10-4-3-9-16-10/h1-6,9,13H,7-8,15H2. The topological polar surface area (TPSA) is 26.0 Å². The molecule has 0 aliphatic carbocycles. The van der Waals surface area contributed by atoms with E-state index in [9.17, 15) is 0 Å². The van der Waals surface area contributed by atoms with Crippen LogP contribution in [0.4, 0.5) is 0 Å². The van der Waals surface area contributed by atoms with Gasteiger partial charge in [-0.2, -0.15) is 0 Å². The second kappa shape index (κ2) is 5.62. The number of halogens is 1. The molecule has 0 spiro atoms. The van der Waals surface area contributed by atoms with E-state index < -0.39 is 0 Å². The predicted molar refractivity (Wildman–Crippen MR) is 73.7 cm³/mol. The lowest BCUT2D eigenvalue weighted by atomic mass is 10.0. The molecule has 1 aromatic heterocycles. The van der Waals surface area contributed by atoms with E-state index in [0.29, 0.717) is 0 Å². The summed E-state index contributed by atoms with van der Waals surface area (Å²) in [5.74, 6) is 0. The molecule has 0 fully saturated rings. The highest BCUT2D eigenvalue weighted by Crippen LogP contribution is 2.25. The monoisotopic (exact) mass is 295 g/mol. The van der Waals surface area contributed by atoms with Crippen molar-refractivity contribution in [3.8, 4) is 0 Å². The average Bonchev–Trinajstić information content (AvgIpc) is 2.79. The van der Waals surface area contributed by atoms with Crippen molar-refractivity contribution in [2.24, 2.45) is 5.73 Å². The highest BCUT2D eigenvalue weighted by atomic mass is 79.9. The smallest absolute Gasteiger partial charge is 0.0309 e. The van der Waals surface area contributed by atoms with Crippen LogP contribution in [0, 0.1) is 0 Å². The van der Waals surface area contributed by atoms with Gasteiger partial charge in [0, 0.05) is 15.4 Å². The van der Waals surface area contributed by atoms with Gasteiger partial charge in [0.2, 0.25) is 0 Å². The quantitative estimate of drug-likeness (QED) is 0.901. The Hall–Kier alpha value is -0.640. The molecule has 0 bridgehead atoms. The molecule has 0 aliphatic heterocycles. The van der Waals surface area contributed by atoms with Gasteiger partial charge in [0.25, 0.3) is 0 Å². The molecule has 1 nitrogen and oxygen atoms in total. The minimum atomic E-state index is 0.109. The van der Waals surface area contributed by atoms with Crippen LogP contribution in [0.2, 0.25) is 0 Å². The largest absolute Gasteiger partial charge is 0.324 e. The van der Waals surface area contributed by atoms with Gasteiger partial charge < -0.3 is 5.73 Å². The Kier molecular flexibility index (Phi) is 4.16. The van der Waals surface area contributed by atoms with Crippen LogP contribution in [0.5, 0.6) is 0 Å². The third kappa shape index (κ3) is 2.94. The van der Waals surface area contributed by atoms with Gasteiger partial charge in [0.05, 0.1) is 0 Å². The molecule has 0 amide bonds. The summed E-state index contributed by atoms with van der Waals surface area (Å²) >= 11 is 5.34.